The van der Waals surface area contributed by atoms with Crippen molar-refractivity contribution in [3.63, 3.8) is 0 Å². The number of alkyl halides is 3. The number of hydrogen-bond acceptors (Lipinski definition) is 4. The fraction of sp³-hybridized carbons (Fsp3) is 0.100. The Labute approximate surface area is 166 Å². The molecule has 0 N–H and O–H groups in total. The van der Waals surface area contributed by atoms with Gasteiger partial charge in [0.05, 0.1) is 5.56 Å². The lowest BCUT2D eigenvalue weighted by molar-refractivity contribution is -0.137. The van der Waals surface area contributed by atoms with Crippen LogP contribution in [0.3, 0.4) is 0 Å². The zero-order chi connectivity index (χ0) is 20.1. The maximum Gasteiger partial charge on any atom is 0.422 e. The van der Waals surface area contributed by atoms with Gasteiger partial charge < -0.3 is 9.26 Å². The predicted molar refractivity (Wildman–Crippen MR) is 98.8 cm³/mol. The smallest absolute Gasteiger partial charge is 0.422 e. The SMILES string of the molecule is O=Cc1ccc(Br)cc1OCC#Cc1noc(-c2ccccc2)c1C(F)(F)F. The minimum Gasteiger partial charge on any atom is -0.480 e. The number of hydrogen-bond donors (Lipinski definition) is 0. The van der Waals surface area contributed by atoms with Crippen LogP contribution < -0.4 is 4.74 Å². The van der Waals surface area contributed by atoms with Gasteiger partial charge in [-0.2, -0.15) is 13.2 Å². The molecule has 0 aliphatic heterocycles. The van der Waals surface area contributed by atoms with Crippen LogP contribution in [0.15, 0.2) is 57.5 Å². The Hall–Kier alpha value is -3.05. The first-order chi connectivity index (χ1) is 13.4. The molecule has 3 aromatic rings. The van der Waals surface area contributed by atoms with Crippen LogP contribution in [0.5, 0.6) is 5.75 Å². The molecule has 0 saturated carbocycles. The number of carbonyl (C=O) groups is 1. The Kier molecular flexibility index (Phi) is 5.85. The quantitative estimate of drug-likeness (QED) is 0.397. The summed E-state index contributed by atoms with van der Waals surface area (Å²) in [5.74, 6) is 4.67. The second kappa shape index (κ2) is 8.31. The molecule has 0 saturated heterocycles. The lowest BCUT2D eigenvalue weighted by atomic mass is 10.1. The standard InChI is InChI=1S/C20H11BrF3NO3/c21-15-9-8-14(12-26)17(11-15)27-10-4-7-16-18(20(22,23)24)19(28-25-16)13-5-2-1-3-6-13/h1-3,5-6,8-9,11-12H,10H2. The van der Waals surface area contributed by atoms with E-state index in [4.69, 9.17) is 9.26 Å². The van der Waals surface area contributed by atoms with Crippen molar-refractivity contribution >= 4 is 22.2 Å². The number of aromatic nitrogens is 1. The summed E-state index contributed by atoms with van der Waals surface area (Å²) in [6, 6.07) is 12.6. The van der Waals surface area contributed by atoms with E-state index in [0.717, 1.165) is 0 Å². The minimum absolute atomic E-state index is 0.234. The van der Waals surface area contributed by atoms with E-state index >= 15 is 0 Å². The maximum atomic E-state index is 13.5. The molecule has 0 aliphatic carbocycles. The Balaban J connectivity index is 1.86. The minimum atomic E-state index is -4.69. The van der Waals surface area contributed by atoms with Crippen LogP contribution in [-0.4, -0.2) is 18.0 Å². The molecule has 0 spiro atoms. The van der Waals surface area contributed by atoms with Gasteiger partial charge in [0, 0.05) is 10.0 Å². The molecule has 142 valence electrons. The van der Waals surface area contributed by atoms with Crippen molar-refractivity contribution in [1.82, 2.24) is 5.16 Å². The summed E-state index contributed by atoms with van der Waals surface area (Å²) in [6.07, 6.45) is -4.08. The molecule has 0 amide bonds. The van der Waals surface area contributed by atoms with E-state index < -0.39 is 23.2 Å². The highest BCUT2D eigenvalue weighted by Crippen LogP contribution is 2.39. The summed E-state index contributed by atoms with van der Waals surface area (Å²) in [7, 11) is 0. The second-order valence-corrected chi connectivity index (χ2v) is 6.41. The number of carbonyl (C=O) groups excluding carboxylic acids is 1. The van der Waals surface area contributed by atoms with Crippen molar-refractivity contribution in [3.8, 4) is 28.9 Å². The average molecular weight is 450 g/mol. The summed E-state index contributed by atoms with van der Waals surface area (Å²) in [5, 5.41) is 3.46. The molecule has 0 unspecified atom stereocenters. The van der Waals surface area contributed by atoms with Gasteiger partial charge in [-0.05, 0) is 24.1 Å². The van der Waals surface area contributed by atoms with Crippen molar-refractivity contribution < 1.29 is 27.2 Å². The van der Waals surface area contributed by atoms with Crippen molar-refractivity contribution in [2.45, 2.75) is 6.18 Å². The van der Waals surface area contributed by atoms with Crippen LogP contribution in [0.1, 0.15) is 21.6 Å². The molecular weight excluding hydrogens is 439 g/mol. The van der Waals surface area contributed by atoms with Gasteiger partial charge in [-0.1, -0.05) is 57.3 Å². The molecule has 0 atom stereocenters. The monoisotopic (exact) mass is 449 g/mol. The van der Waals surface area contributed by atoms with E-state index in [1.165, 1.54) is 12.1 Å². The molecule has 4 nitrogen and oxygen atoms in total. The average Bonchev–Trinajstić information content (AvgIpc) is 3.10. The summed E-state index contributed by atoms with van der Waals surface area (Å²) < 4.78 is 51.5. The van der Waals surface area contributed by atoms with Crippen LogP contribution in [0.4, 0.5) is 13.2 Å². The van der Waals surface area contributed by atoms with Gasteiger partial charge in [-0.3, -0.25) is 4.79 Å². The Bertz CT molecular complexity index is 1050. The van der Waals surface area contributed by atoms with Crippen LogP contribution in [0.25, 0.3) is 11.3 Å². The summed E-state index contributed by atoms with van der Waals surface area (Å²) in [6.45, 7) is -0.234. The fourth-order valence-corrected chi connectivity index (χ4v) is 2.73. The number of nitrogens with zero attached hydrogens (tertiary/aromatic N) is 1. The highest BCUT2D eigenvalue weighted by atomic mass is 79.9. The summed E-state index contributed by atoms with van der Waals surface area (Å²) in [5.41, 5.74) is -1.02. The summed E-state index contributed by atoms with van der Waals surface area (Å²) in [4.78, 5) is 11.0. The lowest BCUT2D eigenvalue weighted by Gasteiger charge is -2.06. The number of aldehydes is 1. The van der Waals surface area contributed by atoms with E-state index in [0.29, 0.717) is 16.3 Å². The topological polar surface area (TPSA) is 52.3 Å². The molecule has 8 heteroatoms. The third-order valence-corrected chi connectivity index (χ3v) is 4.11. The predicted octanol–water partition coefficient (Wildman–Crippen LogP) is 5.37. The van der Waals surface area contributed by atoms with Crippen LogP contribution in [0, 0.1) is 11.8 Å². The molecular formula is C20H11BrF3NO3. The van der Waals surface area contributed by atoms with Gasteiger partial charge in [-0.25, -0.2) is 0 Å². The molecule has 1 heterocycles. The third kappa shape index (κ3) is 4.43. The van der Waals surface area contributed by atoms with Gasteiger partial charge in [0.1, 0.15) is 17.9 Å². The van der Waals surface area contributed by atoms with Gasteiger partial charge in [0.25, 0.3) is 0 Å². The molecule has 0 fully saturated rings. The Morgan fingerprint density at radius 2 is 1.93 bits per heavy atom. The van der Waals surface area contributed by atoms with Gasteiger partial charge in [0.2, 0.25) is 0 Å². The van der Waals surface area contributed by atoms with E-state index in [9.17, 15) is 18.0 Å². The van der Waals surface area contributed by atoms with Crippen molar-refractivity contribution in [1.29, 1.82) is 0 Å². The first kappa shape index (κ1) is 19.7. The molecule has 3 rings (SSSR count). The Morgan fingerprint density at radius 3 is 2.61 bits per heavy atom. The first-order valence-electron chi connectivity index (χ1n) is 7.89. The molecule has 0 radical (unpaired) electrons. The molecule has 28 heavy (non-hydrogen) atoms. The highest BCUT2D eigenvalue weighted by Gasteiger charge is 2.40. The lowest BCUT2D eigenvalue weighted by Crippen LogP contribution is -2.08. The van der Waals surface area contributed by atoms with Crippen LogP contribution >= 0.6 is 15.9 Å². The van der Waals surface area contributed by atoms with Crippen molar-refractivity contribution in [3.05, 3.63) is 69.8 Å². The zero-order valence-corrected chi connectivity index (χ0v) is 15.7. The van der Waals surface area contributed by atoms with Crippen LogP contribution in [0.2, 0.25) is 0 Å². The second-order valence-electron chi connectivity index (χ2n) is 5.49. The van der Waals surface area contributed by atoms with E-state index in [1.54, 1.807) is 36.4 Å². The van der Waals surface area contributed by atoms with Crippen LogP contribution in [-0.2, 0) is 6.18 Å². The summed E-state index contributed by atoms with van der Waals surface area (Å²) >= 11 is 3.25. The fourth-order valence-electron chi connectivity index (χ4n) is 2.39. The van der Waals surface area contributed by atoms with E-state index in [2.05, 4.69) is 32.9 Å². The van der Waals surface area contributed by atoms with E-state index in [-0.39, 0.29) is 17.9 Å². The number of halogens is 4. The normalized spacial score (nSPS) is 10.9. The number of ether oxygens (including phenoxy) is 1. The largest absolute Gasteiger partial charge is 0.480 e. The molecule has 0 aliphatic rings. The van der Waals surface area contributed by atoms with Gasteiger partial charge >= 0.3 is 6.18 Å². The van der Waals surface area contributed by atoms with Crippen molar-refractivity contribution in [2.75, 3.05) is 6.61 Å². The first-order valence-corrected chi connectivity index (χ1v) is 8.68. The third-order valence-electron chi connectivity index (χ3n) is 3.62. The van der Waals surface area contributed by atoms with Gasteiger partial charge in [0.15, 0.2) is 17.7 Å². The van der Waals surface area contributed by atoms with Gasteiger partial charge in [-0.15, -0.1) is 0 Å². The molecule has 1 aromatic heterocycles. The number of rotatable bonds is 4. The van der Waals surface area contributed by atoms with Crippen molar-refractivity contribution in [2.24, 2.45) is 0 Å². The zero-order valence-electron chi connectivity index (χ0n) is 14.1. The highest BCUT2D eigenvalue weighted by molar-refractivity contribution is 9.10. The Morgan fingerprint density at radius 1 is 1.18 bits per heavy atom. The molecule has 2 aromatic carbocycles. The van der Waals surface area contributed by atoms with E-state index in [1.807, 2.05) is 0 Å². The molecule has 0 bridgehead atoms. The maximum absolute atomic E-state index is 13.5. The number of benzene rings is 2.